The molecule has 2 N–H and O–H groups in total. The van der Waals surface area contributed by atoms with Crippen LogP contribution in [0.1, 0.15) is 37.3 Å². The minimum absolute atomic E-state index is 0.0550. The zero-order valence-electron chi connectivity index (χ0n) is 24.7. The van der Waals surface area contributed by atoms with Gasteiger partial charge in [0.2, 0.25) is 12.3 Å². The maximum Gasteiger partial charge on any atom is 0.246 e. The molecule has 0 aromatic carbocycles. The minimum atomic E-state index is -0.0550. The first-order valence-electron chi connectivity index (χ1n) is 14.8. The van der Waals surface area contributed by atoms with E-state index in [4.69, 9.17) is 15.7 Å². The van der Waals surface area contributed by atoms with Crippen molar-refractivity contribution in [2.45, 2.75) is 31.6 Å². The quantitative estimate of drug-likeness (QED) is 0.280. The van der Waals surface area contributed by atoms with E-state index in [9.17, 15) is 9.59 Å². The van der Waals surface area contributed by atoms with E-state index in [0.717, 1.165) is 40.3 Å². The monoisotopic (exact) mass is 581 g/mol. The Kier molecular flexibility index (Phi) is 9.73. The van der Waals surface area contributed by atoms with Gasteiger partial charge in [-0.25, -0.2) is 15.0 Å². The van der Waals surface area contributed by atoms with E-state index in [0.29, 0.717) is 37.9 Å². The van der Waals surface area contributed by atoms with Crippen LogP contribution in [-0.2, 0) is 9.59 Å². The van der Waals surface area contributed by atoms with E-state index in [1.165, 1.54) is 44.8 Å². The number of nitrogen functional groups attached to an aromatic ring is 1. The van der Waals surface area contributed by atoms with Gasteiger partial charge in [0, 0.05) is 50.2 Å². The van der Waals surface area contributed by atoms with Crippen molar-refractivity contribution in [1.82, 2.24) is 39.2 Å². The first kappa shape index (κ1) is 29.8. The van der Waals surface area contributed by atoms with Crippen molar-refractivity contribution in [2.24, 2.45) is 0 Å². The summed E-state index contributed by atoms with van der Waals surface area (Å²) < 4.78 is 2.02. The summed E-state index contributed by atoms with van der Waals surface area (Å²) in [6.07, 6.45) is 12.6. The molecule has 7 rings (SSSR count). The third-order valence-electron chi connectivity index (χ3n) is 7.78. The van der Waals surface area contributed by atoms with E-state index < -0.39 is 0 Å². The fourth-order valence-electron chi connectivity index (χ4n) is 5.15. The summed E-state index contributed by atoms with van der Waals surface area (Å²) in [7, 11) is 2.17. The van der Waals surface area contributed by atoms with Crippen LogP contribution in [0.25, 0.3) is 28.2 Å². The Morgan fingerprint density at radius 1 is 0.977 bits per heavy atom. The van der Waals surface area contributed by atoms with E-state index in [2.05, 4.69) is 34.6 Å². The number of likely N-dealkylation sites (tertiary alicyclic amines) is 1. The summed E-state index contributed by atoms with van der Waals surface area (Å²) in [5.41, 5.74) is 10.6. The maximum absolute atomic E-state index is 11.1. The van der Waals surface area contributed by atoms with Crippen LogP contribution in [-0.4, -0.2) is 97.8 Å². The first-order valence-corrected chi connectivity index (χ1v) is 14.8. The number of piperazine rings is 1. The van der Waals surface area contributed by atoms with Crippen LogP contribution in [0.5, 0.6) is 0 Å². The lowest BCUT2D eigenvalue weighted by molar-refractivity contribution is -0.130. The van der Waals surface area contributed by atoms with Crippen LogP contribution in [0.3, 0.4) is 0 Å². The molecule has 2 saturated heterocycles. The van der Waals surface area contributed by atoms with Crippen LogP contribution in [0.4, 0.5) is 5.82 Å². The highest BCUT2D eigenvalue weighted by Crippen LogP contribution is 2.40. The number of carbonyl (C=O) groups excluding carboxylic acids is 2. The molecule has 0 spiro atoms. The van der Waals surface area contributed by atoms with E-state index in [1.807, 2.05) is 41.1 Å². The van der Waals surface area contributed by atoms with Crippen LogP contribution in [0, 0.1) is 0 Å². The van der Waals surface area contributed by atoms with Crippen molar-refractivity contribution in [3.63, 3.8) is 0 Å². The lowest BCUT2D eigenvalue weighted by Gasteiger charge is -2.31. The number of nitrogens with two attached hydrogens (primary N) is 1. The molecule has 2 aliphatic heterocycles. The third kappa shape index (κ3) is 7.42. The Morgan fingerprint density at radius 2 is 1.72 bits per heavy atom. The van der Waals surface area contributed by atoms with Crippen LogP contribution >= 0.6 is 0 Å². The third-order valence-corrected chi connectivity index (χ3v) is 7.78. The molecule has 1 aliphatic carbocycles. The molecule has 0 radical (unpaired) electrons. The molecular formula is C32H39N9O2. The van der Waals surface area contributed by atoms with Gasteiger partial charge in [0.25, 0.3) is 0 Å². The summed E-state index contributed by atoms with van der Waals surface area (Å²) in [4.78, 5) is 45.2. The normalized spacial score (nSPS) is 16.6. The van der Waals surface area contributed by atoms with Crippen LogP contribution < -0.4 is 5.73 Å². The second kappa shape index (κ2) is 14.0. The number of rotatable bonds is 5. The molecular weight excluding hydrogens is 542 g/mol. The molecule has 0 bridgehead atoms. The van der Waals surface area contributed by atoms with Gasteiger partial charge in [-0.05, 0) is 88.3 Å². The van der Waals surface area contributed by atoms with E-state index >= 15 is 0 Å². The lowest BCUT2D eigenvalue weighted by atomic mass is 10.2. The minimum Gasteiger partial charge on any atom is -0.383 e. The molecule has 3 aliphatic rings. The lowest BCUT2D eigenvalue weighted by Crippen LogP contribution is -2.47. The number of carbonyl (C=O) groups is 2. The molecule has 43 heavy (non-hydrogen) atoms. The average Bonchev–Trinajstić information content (AvgIpc) is 3.68. The average molecular weight is 582 g/mol. The number of pyridine rings is 3. The highest BCUT2D eigenvalue weighted by molar-refractivity contribution is 5.87. The van der Waals surface area contributed by atoms with Crippen molar-refractivity contribution < 1.29 is 9.59 Å². The summed E-state index contributed by atoms with van der Waals surface area (Å²) in [5, 5.41) is 0. The van der Waals surface area contributed by atoms with Crippen molar-refractivity contribution >= 4 is 29.3 Å². The standard InChI is InChI=1S/C19H16N6.C8H12N2O2.C5H11N/c20-17-14(4-2-10-22-17)18-24-16-8-7-15(12-5-6-12)23-19(16)25(18)13-3-1-9-21-11-13;1-2-8(12)10-5-3-9(7-11)4-6-10;1-6-4-2-3-5-6/h1-4,7-12H,5-6H2,(H2,20,22);2,7H,1,3-6H2;2-5H2,1H3. The second-order valence-corrected chi connectivity index (χ2v) is 11.0. The molecule has 0 atom stereocenters. The number of aromatic nitrogens is 5. The van der Waals surface area contributed by atoms with Gasteiger partial charge in [0.15, 0.2) is 11.5 Å². The summed E-state index contributed by atoms with van der Waals surface area (Å²) in [6, 6.07) is 11.8. The fraction of sp³-hybridized carbons (Fsp3) is 0.375. The Hall–Kier alpha value is -4.64. The van der Waals surface area contributed by atoms with Crippen LogP contribution in [0.2, 0.25) is 0 Å². The molecule has 6 heterocycles. The number of hydrogen-bond acceptors (Lipinski definition) is 8. The van der Waals surface area contributed by atoms with E-state index in [-0.39, 0.29) is 5.91 Å². The van der Waals surface area contributed by atoms with Crippen molar-refractivity contribution in [3.8, 4) is 17.1 Å². The Balaban J connectivity index is 0.000000169. The zero-order valence-corrected chi connectivity index (χ0v) is 24.7. The van der Waals surface area contributed by atoms with Crippen LogP contribution in [0.15, 0.2) is 67.6 Å². The Bertz CT molecular complexity index is 1540. The predicted octanol–water partition coefficient (Wildman–Crippen LogP) is 3.52. The zero-order chi connectivity index (χ0) is 30.2. The SMILES string of the molecule is C=CC(=O)N1CCN(C=O)CC1.CN1CCCC1.Nc1ncccc1-c1nc2ccc(C3CC3)nc2n1-c1cccnc1. The molecule has 4 aromatic rings. The molecule has 11 heteroatoms. The van der Waals surface area contributed by atoms with Crippen molar-refractivity contribution in [2.75, 3.05) is 52.0 Å². The van der Waals surface area contributed by atoms with Gasteiger partial charge in [-0.15, -0.1) is 0 Å². The maximum atomic E-state index is 11.1. The van der Waals surface area contributed by atoms with Gasteiger partial charge in [-0.1, -0.05) is 6.58 Å². The molecule has 11 nitrogen and oxygen atoms in total. The molecule has 4 aromatic heterocycles. The number of anilines is 1. The molecule has 1 saturated carbocycles. The molecule has 0 unspecified atom stereocenters. The number of hydrogen-bond donors (Lipinski definition) is 1. The van der Waals surface area contributed by atoms with Crippen molar-refractivity contribution in [1.29, 1.82) is 0 Å². The smallest absolute Gasteiger partial charge is 0.246 e. The molecule has 224 valence electrons. The van der Waals surface area contributed by atoms with E-state index in [1.54, 1.807) is 22.2 Å². The summed E-state index contributed by atoms with van der Waals surface area (Å²) in [5.74, 6) is 1.70. The van der Waals surface area contributed by atoms with Gasteiger partial charge in [-0.2, -0.15) is 0 Å². The van der Waals surface area contributed by atoms with Gasteiger partial charge >= 0.3 is 0 Å². The highest BCUT2D eigenvalue weighted by atomic mass is 16.2. The Morgan fingerprint density at radius 3 is 2.30 bits per heavy atom. The van der Waals surface area contributed by atoms with Gasteiger partial charge in [0.05, 0.1) is 17.4 Å². The number of imidazole rings is 1. The predicted molar refractivity (Wildman–Crippen MR) is 167 cm³/mol. The first-order chi connectivity index (χ1) is 21.0. The number of fused-ring (bicyclic) bond motifs is 1. The Labute approximate surface area is 252 Å². The number of nitrogens with zero attached hydrogens (tertiary/aromatic N) is 8. The van der Waals surface area contributed by atoms with Gasteiger partial charge < -0.3 is 20.4 Å². The van der Waals surface area contributed by atoms with Gasteiger partial charge in [-0.3, -0.25) is 19.1 Å². The highest BCUT2D eigenvalue weighted by Gasteiger charge is 2.26. The molecule has 2 amide bonds. The second-order valence-electron chi connectivity index (χ2n) is 11.0. The molecule has 3 fully saturated rings. The fourth-order valence-corrected chi connectivity index (χ4v) is 5.15. The number of amides is 2. The summed E-state index contributed by atoms with van der Waals surface area (Å²) in [6.45, 7) is 8.52. The van der Waals surface area contributed by atoms with Crippen molar-refractivity contribution in [3.05, 3.63) is 73.3 Å². The largest absolute Gasteiger partial charge is 0.383 e. The van der Waals surface area contributed by atoms with Gasteiger partial charge in [0.1, 0.15) is 11.3 Å². The topological polar surface area (TPSA) is 126 Å². The summed E-state index contributed by atoms with van der Waals surface area (Å²) >= 11 is 0.